The van der Waals surface area contributed by atoms with Crippen molar-refractivity contribution in [1.82, 2.24) is 10.3 Å². The molecule has 1 aromatic heterocycles. The molecule has 4 nitrogen and oxygen atoms in total. The van der Waals surface area contributed by atoms with Crippen LogP contribution in [-0.4, -0.2) is 24.4 Å². The maximum atomic E-state index is 11.3. The Labute approximate surface area is 88.7 Å². The molecule has 0 aromatic carbocycles. The van der Waals surface area contributed by atoms with Crippen LogP contribution in [0.15, 0.2) is 18.5 Å². The first-order valence-electron chi connectivity index (χ1n) is 5.03. The lowest BCUT2D eigenvalue weighted by molar-refractivity contribution is -0.120. The Morgan fingerprint density at radius 1 is 1.53 bits per heavy atom. The van der Waals surface area contributed by atoms with E-state index in [9.17, 15) is 4.79 Å². The van der Waals surface area contributed by atoms with Crippen LogP contribution in [0, 0.1) is 0 Å². The van der Waals surface area contributed by atoms with Gasteiger partial charge in [0.2, 0.25) is 0 Å². The number of nitrogens with one attached hydrogen (secondary N) is 1. The van der Waals surface area contributed by atoms with Crippen LogP contribution in [0.2, 0.25) is 0 Å². The van der Waals surface area contributed by atoms with Gasteiger partial charge in [-0.3, -0.25) is 9.78 Å². The van der Waals surface area contributed by atoms with Crippen LogP contribution in [0.3, 0.4) is 0 Å². The van der Waals surface area contributed by atoms with E-state index in [0.717, 1.165) is 17.9 Å². The minimum atomic E-state index is 0.0915. The molecule has 0 bridgehead atoms. The molecule has 0 saturated carbocycles. The quantitative estimate of drug-likeness (QED) is 0.786. The van der Waals surface area contributed by atoms with Gasteiger partial charge in [0.05, 0.1) is 13.3 Å². The van der Waals surface area contributed by atoms with E-state index in [0.29, 0.717) is 18.6 Å². The molecule has 1 aliphatic rings. The summed E-state index contributed by atoms with van der Waals surface area (Å²) in [6, 6.07) is 2.01. The summed E-state index contributed by atoms with van der Waals surface area (Å²) in [5.41, 5.74) is 1.02. The average molecular weight is 206 g/mol. The van der Waals surface area contributed by atoms with E-state index in [1.165, 1.54) is 0 Å². The van der Waals surface area contributed by atoms with Crippen LogP contribution in [0.25, 0.3) is 0 Å². The second kappa shape index (κ2) is 4.40. The Morgan fingerprint density at radius 3 is 3.13 bits per heavy atom. The monoisotopic (exact) mass is 206 g/mol. The highest BCUT2D eigenvalue weighted by Crippen LogP contribution is 2.23. The molecule has 1 fully saturated rings. The maximum absolute atomic E-state index is 11.3. The number of hydrogen-bond donors (Lipinski definition) is 1. The summed E-state index contributed by atoms with van der Waals surface area (Å²) in [6.07, 6.45) is 4.62. The van der Waals surface area contributed by atoms with Crippen molar-refractivity contribution in [2.45, 2.75) is 18.9 Å². The molecule has 1 atom stereocenters. The molecule has 4 heteroatoms. The largest absolute Gasteiger partial charge is 0.495 e. The molecule has 2 heterocycles. The van der Waals surface area contributed by atoms with Crippen molar-refractivity contribution in [3.05, 3.63) is 24.0 Å². The Hall–Kier alpha value is -1.42. The Morgan fingerprint density at radius 2 is 2.40 bits per heavy atom. The summed E-state index contributed by atoms with van der Waals surface area (Å²) in [6.45, 7) is 0.751. The van der Waals surface area contributed by atoms with Gasteiger partial charge in [-0.1, -0.05) is 0 Å². The van der Waals surface area contributed by atoms with Crippen LogP contribution in [0.5, 0.6) is 5.75 Å². The fraction of sp³-hybridized carbons (Fsp3) is 0.455. The number of ketones is 1. The van der Waals surface area contributed by atoms with Gasteiger partial charge < -0.3 is 10.1 Å². The summed E-state index contributed by atoms with van der Waals surface area (Å²) < 4.78 is 5.10. The third kappa shape index (κ3) is 2.33. The zero-order valence-corrected chi connectivity index (χ0v) is 8.69. The number of aromatic nitrogens is 1. The summed E-state index contributed by atoms with van der Waals surface area (Å²) >= 11 is 0. The number of nitrogens with zero attached hydrogens (tertiary/aromatic N) is 1. The van der Waals surface area contributed by atoms with Gasteiger partial charge in [0.25, 0.3) is 0 Å². The fourth-order valence-corrected chi connectivity index (χ4v) is 1.76. The highest BCUT2D eigenvalue weighted by Gasteiger charge is 2.20. The number of methoxy groups -OCH3 is 1. The van der Waals surface area contributed by atoms with Gasteiger partial charge in [-0.2, -0.15) is 0 Å². The van der Waals surface area contributed by atoms with Crippen LogP contribution in [0.1, 0.15) is 24.4 Å². The molecule has 80 valence electrons. The Kier molecular flexibility index (Phi) is 2.97. The lowest BCUT2D eigenvalue weighted by Gasteiger charge is -2.22. The molecule has 1 saturated heterocycles. The standard InChI is InChI=1S/C11H14N2O2/c1-15-10-4-8(6-12-7-10)11-5-9(14)2-3-13-11/h4,6-7,11,13H,2-3,5H2,1H3. The van der Waals surface area contributed by atoms with Gasteiger partial charge in [-0.05, 0) is 11.6 Å². The molecular formula is C11H14N2O2. The second-order valence-corrected chi connectivity index (χ2v) is 3.66. The van der Waals surface area contributed by atoms with Crippen molar-refractivity contribution >= 4 is 5.78 Å². The summed E-state index contributed by atoms with van der Waals surface area (Å²) in [5, 5.41) is 3.30. The molecule has 0 amide bonds. The number of ether oxygens (including phenoxy) is 1. The van der Waals surface area contributed by atoms with Gasteiger partial charge in [-0.25, -0.2) is 0 Å². The smallest absolute Gasteiger partial charge is 0.137 e. The first-order chi connectivity index (χ1) is 7.29. The van der Waals surface area contributed by atoms with Crippen molar-refractivity contribution in [3.63, 3.8) is 0 Å². The van der Waals surface area contributed by atoms with Crippen molar-refractivity contribution in [3.8, 4) is 5.75 Å². The lowest BCUT2D eigenvalue weighted by Crippen LogP contribution is -2.31. The van der Waals surface area contributed by atoms with E-state index in [1.807, 2.05) is 6.07 Å². The molecular weight excluding hydrogens is 192 g/mol. The number of hydrogen-bond acceptors (Lipinski definition) is 4. The first kappa shape index (κ1) is 10.1. The molecule has 1 aromatic rings. The predicted molar refractivity (Wildman–Crippen MR) is 55.8 cm³/mol. The van der Waals surface area contributed by atoms with Crippen molar-refractivity contribution in [2.24, 2.45) is 0 Å². The number of piperidine rings is 1. The van der Waals surface area contributed by atoms with E-state index in [4.69, 9.17) is 4.74 Å². The number of rotatable bonds is 2. The number of Topliss-reactive ketones (excluding diaryl/α,β-unsaturated/α-hetero) is 1. The molecule has 2 rings (SSSR count). The highest BCUT2D eigenvalue weighted by molar-refractivity contribution is 5.80. The van der Waals surface area contributed by atoms with Crippen molar-refractivity contribution in [1.29, 1.82) is 0 Å². The number of carbonyl (C=O) groups excluding carboxylic acids is 1. The molecule has 1 N–H and O–H groups in total. The van der Waals surface area contributed by atoms with Crippen molar-refractivity contribution in [2.75, 3.05) is 13.7 Å². The van der Waals surface area contributed by atoms with Gasteiger partial charge in [0.1, 0.15) is 11.5 Å². The van der Waals surface area contributed by atoms with E-state index < -0.39 is 0 Å². The Bertz CT molecular complexity index is 365. The van der Waals surface area contributed by atoms with E-state index in [1.54, 1.807) is 19.5 Å². The van der Waals surface area contributed by atoms with Gasteiger partial charge in [0, 0.05) is 31.6 Å². The minimum absolute atomic E-state index is 0.0915. The topological polar surface area (TPSA) is 51.2 Å². The molecule has 0 radical (unpaired) electrons. The highest BCUT2D eigenvalue weighted by atomic mass is 16.5. The molecule has 1 unspecified atom stereocenters. The third-order valence-electron chi connectivity index (χ3n) is 2.60. The molecule has 15 heavy (non-hydrogen) atoms. The zero-order valence-electron chi connectivity index (χ0n) is 8.69. The summed E-state index contributed by atoms with van der Waals surface area (Å²) in [4.78, 5) is 15.4. The van der Waals surface area contributed by atoms with Gasteiger partial charge in [-0.15, -0.1) is 0 Å². The van der Waals surface area contributed by atoms with E-state index >= 15 is 0 Å². The van der Waals surface area contributed by atoms with Crippen LogP contribution in [0.4, 0.5) is 0 Å². The predicted octanol–water partition coefficient (Wildman–Crippen LogP) is 1.08. The Balaban J connectivity index is 2.17. The van der Waals surface area contributed by atoms with Crippen molar-refractivity contribution < 1.29 is 9.53 Å². The lowest BCUT2D eigenvalue weighted by atomic mass is 9.98. The molecule has 0 aliphatic carbocycles. The average Bonchev–Trinajstić information content (AvgIpc) is 2.29. The third-order valence-corrected chi connectivity index (χ3v) is 2.60. The maximum Gasteiger partial charge on any atom is 0.137 e. The first-order valence-corrected chi connectivity index (χ1v) is 5.03. The SMILES string of the molecule is COc1cncc(C2CC(=O)CCN2)c1. The summed E-state index contributed by atoms with van der Waals surface area (Å²) in [5.74, 6) is 1.04. The fourth-order valence-electron chi connectivity index (χ4n) is 1.76. The zero-order chi connectivity index (χ0) is 10.7. The van der Waals surface area contributed by atoms with Crippen LogP contribution >= 0.6 is 0 Å². The van der Waals surface area contributed by atoms with Gasteiger partial charge >= 0.3 is 0 Å². The second-order valence-electron chi connectivity index (χ2n) is 3.66. The van der Waals surface area contributed by atoms with E-state index in [-0.39, 0.29) is 6.04 Å². The van der Waals surface area contributed by atoms with Crippen LogP contribution in [-0.2, 0) is 4.79 Å². The summed E-state index contributed by atoms with van der Waals surface area (Å²) in [7, 11) is 1.61. The number of carbonyl (C=O) groups is 1. The normalized spacial score (nSPS) is 21.4. The van der Waals surface area contributed by atoms with Crippen LogP contribution < -0.4 is 10.1 Å². The van der Waals surface area contributed by atoms with E-state index in [2.05, 4.69) is 10.3 Å². The number of pyridine rings is 1. The molecule has 0 spiro atoms. The van der Waals surface area contributed by atoms with Gasteiger partial charge in [0.15, 0.2) is 0 Å². The molecule has 1 aliphatic heterocycles. The minimum Gasteiger partial charge on any atom is -0.495 e.